The average Bonchev–Trinajstić information content (AvgIpc) is 3.09. The molecule has 2 saturated heterocycles. The van der Waals surface area contributed by atoms with Gasteiger partial charge in [-0.1, -0.05) is 6.92 Å². The number of carbonyl (C=O) groups is 1. The predicted molar refractivity (Wildman–Crippen MR) is 68.2 cm³/mol. The highest BCUT2D eigenvalue weighted by atomic mass is 16.5. The Bertz CT molecular complexity index is 434. The fourth-order valence-electron chi connectivity index (χ4n) is 3.03. The molecule has 1 aromatic heterocycles. The number of ether oxygens (including phenoxy) is 1. The summed E-state index contributed by atoms with van der Waals surface area (Å²) in [7, 11) is 0. The Kier molecular flexibility index (Phi) is 3.50. The number of hydrogen-bond acceptors (Lipinski definition) is 4. The largest absolute Gasteiger partial charge is 0.368 e. The van der Waals surface area contributed by atoms with Gasteiger partial charge in [0, 0.05) is 13.2 Å². The van der Waals surface area contributed by atoms with Gasteiger partial charge in [0.25, 0.3) is 5.91 Å². The zero-order chi connectivity index (χ0) is 13.2. The third kappa shape index (κ3) is 2.36. The van der Waals surface area contributed by atoms with Crippen molar-refractivity contribution in [2.75, 3.05) is 13.2 Å². The second-order valence-corrected chi connectivity index (χ2v) is 5.47. The smallest absolute Gasteiger partial charge is 0.252 e. The quantitative estimate of drug-likeness (QED) is 0.873. The number of carbonyl (C=O) groups excluding carboxylic acids is 1. The second kappa shape index (κ2) is 5.28. The molecule has 3 atom stereocenters. The van der Waals surface area contributed by atoms with Crippen molar-refractivity contribution in [2.24, 2.45) is 5.92 Å². The number of aromatic amines is 1. The molecule has 1 aromatic rings. The van der Waals surface area contributed by atoms with Gasteiger partial charge in [-0.25, -0.2) is 4.98 Å². The van der Waals surface area contributed by atoms with Crippen LogP contribution in [0.5, 0.6) is 0 Å². The Morgan fingerprint density at radius 3 is 3.05 bits per heavy atom. The second-order valence-electron chi connectivity index (χ2n) is 5.47. The molecule has 6 heteroatoms. The fourth-order valence-corrected chi connectivity index (χ4v) is 3.03. The lowest BCUT2D eigenvalue weighted by Crippen LogP contribution is -2.45. The molecular formula is C13H20N4O2. The molecule has 3 heterocycles. The van der Waals surface area contributed by atoms with Crippen molar-refractivity contribution in [2.45, 2.75) is 44.8 Å². The highest BCUT2D eigenvalue weighted by Crippen LogP contribution is 2.31. The summed E-state index contributed by atoms with van der Waals surface area (Å²) in [5.41, 5.74) is 0. The van der Waals surface area contributed by atoms with Crippen molar-refractivity contribution >= 4 is 5.91 Å². The Labute approximate surface area is 112 Å². The molecule has 2 aliphatic rings. The van der Waals surface area contributed by atoms with Gasteiger partial charge < -0.3 is 9.64 Å². The first kappa shape index (κ1) is 12.6. The van der Waals surface area contributed by atoms with Crippen LogP contribution in [0, 0.1) is 5.92 Å². The summed E-state index contributed by atoms with van der Waals surface area (Å²) in [5.74, 6) is 1.22. The maximum absolute atomic E-state index is 12.7. The van der Waals surface area contributed by atoms with E-state index >= 15 is 0 Å². The molecule has 2 fully saturated rings. The first-order chi connectivity index (χ1) is 9.27. The third-order valence-corrected chi connectivity index (χ3v) is 4.17. The van der Waals surface area contributed by atoms with E-state index in [1.165, 1.54) is 6.33 Å². The zero-order valence-corrected chi connectivity index (χ0v) is 11.2. The van der Waals surface area contributed by atoms with Crippen LogP contribution in [0.2, 0.25) is 0 Å². The van der Waals surface area contributed by atoms with Gasteiger partial charge in [-0.05, 0) is 31.6 Å². The van der Waals surface area contributed by atoms with Crippen molar-refractivity contribution in [3.63, 3.8) is 0 Å². The van der Waals surface area contributed by atoms with Gasteiger partial charge in [0.05, 0.1) is 6.04 Å². The molecule has 3 rings (SSSR count). The van der Waals surface area contributed by atoms with Crippen LogP contribution in [0.1, 0.15) is 44.5 Å². The topological polar surface area (TPSA) is 71.1 Å². The summed E-state index contributed by atoms with van der Waals surface area (Å²) in [6, 6.07) is 0.0279. The van der Waals surface area contributed by atoms with E-state index in [2.05, 4.69) is 22.1 Å². The van der Waals surface area contributed by atoms with E-state index in [9.17, 15) is 4.79 Å². The van der Waals surface area contributed by atoms with Crippen molar-refractivity contribution < 1.29 is 9.53 Å². The average molecular weight is 264 g/mol. The van der Waals surface area contributed by atoms with E-state index < -0.39 is 0 Å². The molecule has 1 N–H and O–H groups in total. The molecule has 1 amide bonds. The van der Waals surface area contributed by atoms with Crippen LogP contribution >= 0.6 is 0 Å². The Morgan fingerprint density at radius 1 is 1.47 bits per heavy atom. The van der Waals surface area contributed by atoms with Gasteiger partial charge in [0.15, 0.2) is 0 Å². The molecular weight excluding hydrogens is 244 g/mol. The van der Waals surface area contributed by atoms with E-state index in [0.29, 0.717) is 12.5 Å². The molecule has 0 aromatic carbocycles. The summed E-state index contributed by atoms with van der Waals surface area (Å²) in [4.78, 5) is 18.8. The van der Waals surface area contributed by atoms with Crippen molar-refractivity contribution in [1.29, 1.82) is 0 Å². The van der Waals surface area contributed by atoms with Crippen molar-refractivity contribution in [1.82, 2.24) is 20.1 Å². The molecule has 0 spiro atoms. The number of aromatic nitrogens is 3. The van der Waals surface area contributed by atoms with Gasteiger partial charge in [0.1, 0.15) is 18.3 Å². The lowest BCUT2D eigenvalue weighted by Gasteiger charge is -2.36. The van der Waals surface area contributed by atoms with Crippen molar-refractivity contribution in [3.05, 3.63) is 12.2 Å². The monoisotopic (exact) mass is 264 g/mol. The fraction of sp³-hybridized carbons (Fsp3) is 0.769. The molecule has 0 saturated carbocycles. The molecule has 6 nitrogen and oxygen atoms in total. The minimum Gasteiger partial charge on any atom is -0.368 e. The normalized spacial score (nSPS) is 31.6. The summed E-state index contributed by atoms with van der Waals surface area (Å²) in [5, 5.41) is 6.80. The lowest BCUT2D eigenvalue weighted by atomic mass is 9.97. The van der Waals surface area contributed by atoms with Crippen LogP contribution in [0.3, 0.4) is 0 Å². The molecule has 0 radical (unpaired) electrons. The van der Waals surface area contributed by atoms with E-state index in [0.717, 1.165) is 38.1 Å². The number of piperidine rings is 1. The molecule has 0 aliphatic carbocycles. The SMILES string of the molecule is CC1CCOC1C(=O)N1CCCCC1c1ncn[nH]1. The number of amides is 1. The summed E-state index contributed by atoms with van der Waals surface area (Å²) in [6.45, 7) is 3.57. The van der Waals surface area contributed by atoms with E-state index in [-0.39, 0.29) is 18.1 Å². The Balaban J connectivity index is 1.78. The summed E-state index contributed by atoms with van der Waals surface area (Å²) < 4.78 is 5.61. The van der Waals surface area contributed by atoms with Gasteiger partial charge in [-0.2, -0.15) is 5.10 Å². The highest BCUT2D eigenvalue weighted by Gasteiger charge is 2.38. The number of H-pyrrole nitrogens is 1. The minimum absolute atomic E-state index is 0.0279. The first-order valence-corrected chi connectivity index (χ1v) is 7.04. The number of nitrogens with one attached hydrogen (secondary N) is 1. The van der Waals surface area contributed by atoms with Gasteiger partial charge in [-0.15, -0.1) is 0 Å². The highest BCUT2D eigenvalue weighted by molar-refractivity contribution is 5.82. The van der Waals surface area contributed by atoms with Crippen LogP contribution in [0.4, 0.5) is 0 Å². The number of rotatable bonds is 2. The van der Waals surface area contributed by atoms with Gasteiger partial charge in [-0.3, -0.25) is 9.89 Å². The molecule has 104 valence electrons. The standard InChI is InChI=1S/C13H20N4O2/c1-9-5-7-19-11(9)13(18)17-6-3-2-4-10(17)12-14-8-15-16-12/h8-11H,2-7H2,1H3,(H,14,15,16). The maximum Gasteiger partial charge on any atom is 0.252 e. The van der Waals surface area contributed by atoms with Crippen molar-refractivity contribution in [3.8, 4) is 0 Å². The van der Waals surface area contributed by atoms with Gasteiger partial charge in [0.2, 0.25) is 0 Å². The molecule has 0 bridgehead atoms. The zero-order valence-electron chi connectivity index (χ0n) is 11.2. The predicted octanol–water partition coefficient (Wildman–Crippen LogP) is 1.28. The van der Waals surface area contributed by atoms with E-state index in [1.54, 1.807) is 0 Å². The first-order valence-electron chi connectivity index (χ1n) is 7.04. The van der Waals surface area contributed by atoms with E-state index in [4.69, 9.17) is 4.74 Å². The molecule has 2 aliphatic heterocycles. The third-order valence-electron chi connectivity index (χ3n) is 4.17. The minimum atomic E-state index is -0.275. The summed E-state index contributed by atoms with van der Waals surface area (Å²) >= 11 is 0. The van der Waals surface area contributed by atoms with Gasteiger partial charge >= 0.3 is 0 Å². The lowest BCUT2D eigenvalue weighted by molar-refractivity contribution is -0.146. The van der Waals surface area contributed by atoms with Crippen LogP contribution in [0.15, 0.2) is 6.33 Å². The Hall–Kier alpha value is -1.43. The number of hydrogen-bond donors (Lipinski definition) is 1. The number of nitrogens with zero attached hydrogens (tertiary/aromatic N) is 3. The van der Waals surface area contributed by atoms with Crippen LogP contribution in [0.25, 0.3) is 0 Å². The van der Waals surface area contributed by atoms with Crippen LogP contribution in [-0.4, -0.2) is 45.2 Å². The number of likely N-dealkylation sites (tertiary alicyclic amines) is 1. The summed E-state index contributed by atoms with van der Waals surface area (Å²) in [6.07, 6.45) is 5.32. The van der Waals surface area contributed by atoms with Crippen LogP contribution in [-0.2, 0) is 9.53 Å². The molecule has 19 heavy (non-hydrogen) atoms. The maximum atomic E-state index is 12.7. The molecule has 3 unspecified atom stereocenters. The van der Waals surface area contributed by atoms with Crippen LogP contribution < -0.4 is 0 Å². The Morgan fingerprint density at radius 2 is 2.37 bits per heavy atom. The van der Waals surface area contributed by atoms with E-state index in [1.807, 2.05) is 4.90 Å².